The molecule has 0 saturated carbocycles. The first-order chi connectivity index (χ1) is 11.5. The number of aryl methyl sites for hydroxylation is 1. The summed E-state index contributed by atoms with van der Waals surface area (Å²) in [6, 6.07) is 4.82. The molecule has 7 heteroatoms. The van der Waals surface area contributed by atoms with Crippen molar-refractivity contribution < 1.29 is 13.9 Å². The van der Waals surface area contributed by atoms with Crippen LogP contribution in [-0.4, -0.2) is 53.2 Å². The summed E-state index contributed by atoms with van der Waals surface area (Å²) in [5.74, 6) is -0.168. The van der Waals surface area contributed by atoms with Crippen molar-refractivity contribution >= 4 is 11.8 Å². The van der Waals surface area contributed by atoms with E-state index in [-0.39, 0.29) is 12.3 Å². The molecule has 0 amide bonds. The van der Waals surface area contributed by atoms with Gasteiger partial charge in [0.05, 0.1) is 18.8 Å². The Morgan fingerprint density at radius 3 is 2.88 bits per heavy atom. The zero-order chi connectivity index (χ0) is 17.3. The van der Waals surface area contributed by atoms with Crippen molar-refractivity contribution in [1.82, 2.24) is 14.7 Å². The minimum atomic E-state index is -0.463. The van der Waals surface area contributed by atoms with E-state index >= 15 is 0 Å². The highest BCUT2D eigenvalue weighted by Crippen LogP contribution is 2.23. The highest BCUT2D eigenvalue weighted by Gasteiger charge is 2.23. The van der Waals surface area contributed by atoms with E-state index in [1.54, 1.807) is 26.0 Å². The van der Waals surface area contributed by atoms with Gasteiger partial charge in [0.15, 0.2) is 0 Å². The standard InChI is InChI=1S/C17H19FN4O2/c1-4-24-17(23)13-10-22(20-11(13)2)15-12(6-5-7-14(15)18)16-19-8-9-21(16)3/h5-7,10H,4,8-9H2,1-3H3. The molecule has 1 aromatic carbocycles. The Kier molecular flexibility index (Phi) is 4.33. The van der Waals surface area contributed by atoms with Crippen molar-refractivity contribution in [2.75, 3.05) is 26.7 Å². The van der Waals surface area contributed by atoms with Crippen LogP contribution in [0.5, 0.6) is 0 Å². The maximum Gasteiger partial charge on any atom is 0.341 e. The predicted octanol–water partition coefficient (Wildman–Crippen LogP) is 2.19. The summed E-state index contributed by atoms with van der Waals surface area (Å²) in [5, 5.41) is 4.30. The molecule has 0 fully saturated rings. The van der Waals surface area contributed by atoms with E-state index in [9.17, 15) is 9.18 Å². The van der Waals surface area contributed by atoms with Crippen LogP contribution < -0.4 is 0 Å². The van der Waals surface area contributed by atoms with Crippen LogP contribution in [0, 0.1) is 12.7 Å². The maximum absolute atomic E-state index is 14.6. The summed E-state index contributed by atoms with van der Waals surface area (Å²) in [5.41, 5.74) is 1.74. The summed E-state index contributed by atoms with van der Waals surface area (Å²) < 4.78 is 21.0. The number of aliphatic imine (C=N–C) groups is 1. The zero-order valence-electron chi connectivity index (χ0n) is 13.9. The molecule has 0 unspecified atom stereocenters. The molecule has 0 bridgehead atoms. The number of carbonyl (C=O) groups excluding carboxylic acids is 1. The molecule has 6 nitrogen and oxygen atoms in total. The predicted molar refractivity (Wildman–Crippen MR) is 88.2 cm³/mol. The van der Waals surface area contributed by atoms with Crippen molar-refractivity contribution in [1.29, 1.82) is 0 Å². The molecule has 0 saturated heterocycles. The van der Waals surface area contributed by atoms with Gasteiger partial charge in [0.1, 0.15) is 22.9 Å². The summed E-state index contributed by atoms with van der Waals surface area (Å²) in [7, 11) is 1.92. The zero-order valence-corrected chi connectivity index (χ0v) is 13.9. The Balaban J connectivity index is 2.10. The molecule has 24 heavy (non-hydrogen) atoms. The van der Waals surface area contributed by atoms with Gasteiger partial charge in [-0.25, -0.2) is 13.9 Å². The van der Waals surface area contributed by atoms with E-state index in [1.807, 2.05) is 11.9 Å². The van der Waals surface area contributed by atoms with Gasteiger partial charge >= 0.3 is 5.97 Å². The number of hydrogen-bond donors (Lipinski definition) is 0. The van der Waals surface area contributed by atoms with Crippen LogP contribution >= 0.6 is 0 Å². The van der Waals surface area contributed by atoms with Crippen LogP contribution in [0.15, 0.2) is 29.4 Å². The summed E-state index contributed by atoms with van der Waals surface area (Å²) in [6.45, 7) is 5.17. The first-order valence-electron chi connectivity index (χ1n) is 7.81. The average Bonchev–Trinajstić information content (AvgIpc) is 3.13. The molecule has 1 aromatic heterocycles. The van der Waals surface area contributed by atoms with Crippen molar-refractivity contribution in [3.63, 3.8) is 0 Å². The molecule has 126 valence electrons. The lowest BCUT2D eigenvalue weighted by Crippen LogP contribution is -2.25. The first-order valence-corrected chi connectivity index (χ1v) is 7.81. The molecule has 0 radical (unpaired) electrons. The number of ether oxygens (including phenoxy) is 1. The van der Waals surface area contributed by atoms with Crippen LogP contribution in [0.4, 0.5) is 4.39 Å². The minimum Gasteiger partial charge on any atom is -0.462 e. The molecular formula is C17H19FN4O2. The van der Waals surface area contributed by atoms with Gasteiger partial charge in [-0.1, -0.05) is 6.07 Å². The average molecular weight is 330 g/mol. The number of rotatable bonds is 4. The molecule has 1 aliphatic heterocycles. The molecule has 0 aliphatic carbocycles. The molecule has 0 atom stereocenters. The van der Waals surface area contributed by atoms with E-state index in [2.05, 4.69) is 10.1 Å². The number of aromatic nitrogens is 2. The lowest BCUT2D eigenvalue weighted by atomic mass is 10.1. The fraction of sp³-hybridized carbons (Fsp3) is 0.353. The molecule has 1 aliphatic rings. The van der Waals surface area contributed by atoms with Gasteiger partial charge < -0.3 is 9.64 Å². The SMILES string of the molecule is CCOC(=O)c1cn(-c2c(F)cccc2C2=NCCN2C)nc1C. The van der Waals surface area contributed by atoms with Crippen molar-refractivity contribution in [3.05, 3.63) is 47.0 Å². The second kappa shape index (κ2) is 6.43. The largest absolute Gasteiger partial charge is 0.462 e. The van der Waals surface area contributed by atoms with Crippen LogP contribution in [0.3, 0.4) is 0 Å². The Labute approximate surface area is 139 Å². The fourth-order valence-corrected chi connectivity index (χ4v) is 2.74. The van der Waals surface area contributed by atoms with E-state index in [0.717, 1.165) is 12.4 Å². The van der Waals surface area contributed by atoms with E-state index in [0.29, 0.717) is 23.4 Å². The molecule has 0 spiro atoms. The Hall–Kier alpha value is -2.70. The monoisotopic (exact) mass is 330 g/mol. The number of nitrogens with zero attached hydrogens (tertiary/aromatic N) is 4. The molecule has 2 heterocycles. The van der Waals surface area contributed by atoms with E-state index < -0.39 is 11.8 Å². The summed E-state index contributed by atoms with van der Waals surface area (Å²) in [4.78, 5) is 18.4. The Morgan fingerprint density at radius 2 is 2.21 bits per heavy atom. The molecule has 2 aromatic rings. The molecule has 3 rings (SSSR count). The fourth-order valence-electron chi connectivity index (χ4n) is 2.74. The van der Waals surface area contributed by atoms with Crippen LogP contribution in [0.25, 0.3) is 5.69 Å². The number of esters is 1. The van der Waals surface area contributed by atoms with Crippen LogP contribution in [0.2, 0.25) is 0 Å². The summed E-state index contributed by atoms with van der Waals surface area (Å²) >= 11 is 0. The molecular weight excluding hydrogens is 311 g/mol. The Morgan fingerprint density at radius 1 is 1.42 bits per heavy atom. The number of halogens is 1. The topological polar surface area (TPSA) is 59.7 Å². The molecule has 0 N–H and O–H groups in total. The second-order valence-electron chi connectivity index (χ2n) is 5.56. The van der Waals surface area contributed by atoms with Gasteiger partial charge in [-0.2, -0.15) is 5.10 Å². The third-order valence-electron chi connectivity index (χ3n) is 3.91. The van der Waals surface area contributed by atoms with Crippen LogP contribution in [-0.2, 0) is 4.74 Å². The Bertz CT molecular complexity index is 813. The van der Waals surface area contributed by atoms with Crippen molar-refractivity contribution in [2.45, 2.75) is 13.8 Å². The van der Waals surface area contributed by atoms with E-state index in [1.165, 1.54) is 16.9 Å². The van der Waals surface area contributed by atoms with Gasteiger partial charge in [-0.3, -0.25) is 4.99 Å². The number of benzene rings is 1. The third kappa shape index (κ3) is 2.77. The van der Waals surface area contributed by atoms with Gasteiger partial charge in [0, 0.05) is 25.4 Å². The van der Waals surface area contributed by atoms with Gasteiger partial charge in [0.2, 0.25) is 0 Å². The number of para-hydroxylation sites is 1. The maximum atomic E-state index is 14.6. The smallest absolute Gasteiger partial charge is 0.341 e. The van der Waals surface area contributed by atoms with Crippen molar-refractivity contribution in [3.8, 4) is 5.69 Å². The third-order valence-corrected chi connectivity index (χ3v) is 3.91. The van der Waals surface area contributed by atoms with Crippen molar-refractivity contribution in [2.24, 2.45) is 4.99 Å². The number of hydrogen-bond acceptors (Lipinski definition) is 5. The lowest BCUT2D eigenvalue weighted by Gasteiger charge is -2.17. The van der Waals surface area contributed by atoms with Crippen LogP contribution in [0.1, 0.15) is 28.5 Å². The highest BCUT2D eigenvalue weighted by molar-refractivity contribution is 6.02. The first kappa shape index (κ1) is 16.2. The lowest BCUT2D eigenvalue weighted by molar-refractivity contribution is 0.0525. The second-order valence-corrected chi connectivity index (χ2v) is 5.56. The van der Waals surface area contributed by atoms with E-state index in [4.69, 9.17) is 4.74 Å². The van der Waals surface area contributed by atoms with Gasteiger partial charge in [-0.15, -0.1) is 0 Å². The van der Waals surface area contributed by atoms with Gasteiger partial charge in [0.25, 0.3) is 0 Å². The normalized spacial score (nSPS) is 14.0. The number of carbonyl (C=O) groups is 1. The number of amidine groups is 1. The quantitative estimate of drug-likeness (QED) is 0.806. The minimum absolute atomic E-state index is 0.274. The summed E-state index contributed by atoms with van der Waals surface area (Å²) in [6.07, 6.45) is 1.50. The van der Waals surface area contributed by atoms with Gasteiger partial charge in [-0.05, 0) is 26.0 Å². The highest BCUT2D eigenvalue weighted by atomic mass is 19.1. The number of likely N-dealkylation sites (N-methyl/N-ethyl adjacent to an activating group) is 1.